The van der Waals surface area contributed by atoms with Crippen LogP contribution in [0.2, 0.25) is 0 Å². The first kappa shape index (κ1) is 14.5. The van der Waals surface area contributed by atoms with E-state index in [2.05, 4.69) is 47.7 Å². The van der Waals surface area contributed by atoms with Crippen molar-refractivity contribution in [1.82, 2.24) is 10.3 Å². The van der Waals surface area contributed by atoms with Crippen LogP contribution >= 0.6 is 11.3 Å². The van der Waals surface area contributed by atoms with Gasteiger partial charge in [0.15, 0.2) is 0 Å². The monoisotopic (exact) mass is 302 g/mol. The van der Waals surface area contributed by atoms with Crippen molar-refractivity contribution in [3.63, 3.8) is 0 Å². The van der Waals surface area contributed by atoms with Gasteiger partial charge in [0.05, 0.1) is 17.3 Å². The summed E-state index contributed by atoms with van der Waals surface area (Å²) >= 11 is 1.72. The molecule has 3 nitrogen and oxygen atoms in total. The van der Waals surface area contributed by atoms with Crippen molar-refractivity contribution in [1.29, 1.82) is 0 Å². The number of hydrogen-bond acceptors (Lipinski definition) is 4. The van der Waals surface area contributed by atoms with Crippen LogP contribution in [0.25, 0.3) is 0 Å². The molecule has 1 unspecified atom stereocenters. The van der Waals surface area contributed by atoms with Gasteiger partial charge >= 0.3 is 0 Å². The molecule has 0 spiro atoms. The minimum Gasteiger partial charge on any atom is -0.493 e. The number of hydrogen-bond donors (Lipinski definition) is 1. The minimum absolute atomic E-state index is 0.268. The molecule has 1 atom stereocenters. The first-order valence-corrected chi connectivity index (χ1v) is 8.55. The van der Waals surface area contributed by atoms with E-state index in [1.165, 1.54) is 11.1 Å². The van der Waals surface area contributed by atoms with Gasteiger partial charge in [-0.25, -0.2) is 4.98 Å². The molecule has 2 aromatic rings. The summed E-state index contributed by atoms with van der Waals surface area (Å²) < 4.78 is 5.97. The molecule has 0 saturated carbocycles. The van der Waals surface area contributed by atoms with Crippen LogP contribution in [0, 0.1) is 6.92 Å². The molecule has 0 radical (unpaired) electrons. The lowest BCUT2D eigenvalue weighted by molar-refractivity contribution is 0.281. The number of ether oxygens (including phenoxy) is 1. The van der Waals surface area contributed by atoms with Gasteiger partial charge in [-0.1, -0.05) is 25.1 Å². The molecule has 0 fully saturated rings. The van der Waals surface area contributed by atoms with Crippen LogP contribution in [0.4, 0.5) is 0 Å². The molecule has 0 amide bonds. The van der Waals surface area contributed by atoms with Crippen molar-refractivity contribution in [3.05, 3.63) is 45.4 Å². The number of thiazole rings is 1. The summed E-state index contributed by atoms with van der Waals surface area (Å²) in [5.41, 5.74) is 3.78. The third-order valence-electron chi connectivity index (χ3n) is 3.87. The van der Waals surface area contributed by atoms with Crippen LogP contribution in [0.5, 0.6) is 5.75 Å². The van der Waals surface area contributed by atoms with Crippen LogP contribution in [0.15, 0.2) is 23.6 Å². The van der Waals surface area contributed by atoms with Crippen LogP contribution in [-0.4, -0.2) is 18.1 Å². The van der Waals surface area contributed by atoms with Crippen molar-refractivity contribution in [2.24, 2.45) is 0 Å². The van der Waals surface area contributed by atoms with Crippen molar-refractivity contribution in [3.8, 4) is 5.75 Å². The summed E-state index contributed by atoms with van der Waals surface area (Å²) in [6.45, 7) is 5.98. The Morgan fingerprint density at radius 3 is 3.10 bits per heavy atom. The van der Waals surface area contributed by atoms with E-state index in [1.54, 1.807) is 11.3 Å². The van der Waals surface area contributed by atoms with Gasteiger partial charge in [0.1, 0.15) is 5.75 Å². The number of para-hydroxylation sites is 1. The molecule has 1 aliphatic rings. The smallest absolute Gasteiger partial charge is 0.127 e. The number of likely N-dealkylation sites (N-methyl/N-ethyl adjacent to an activating group) is 1. The summed E-state index contributed by atoms with van der Waals surface area (Å²) in [6.07, 6.45) is 3.16. The van der Waals surface area contributed by atoms with Gasteiger partial charge in [-0.15, -0.1) is 11.3 Å². The molecule has 112 valence electrons. The van der Waals surface area contributed by atoms with Crippen LogP contribution < -0.4 is 10.1 Å². The van der Waals surface area contributed by atoms with E-state index in [9.17, 15) is 0 Å². The Hall–Kier alpha value is -1.39. The maximum Gasteiger partial charge on any atom is 0.127 e. The predicted octanol–water partition coefficient (Wildman–Crippen LogP) is 3.67. The van der Waals surface area contributed by atoms with E-state index in [-0.39, 0.29) is 6.04 Å². The van der Waals surface area contributed by atoms with E-state index < -0.39 is 0 Å². The summed E-state index contributed by atoms with van der Waals surface area (Å²) in [6, 6.07) is 6.80. The van der Waals surface area contributed by atoms with Gasteiger partial charge in [-0.3, -0.25) is 0 Å². The SMILES string of the molecule is CCNC(Cc1csc(C)n1)c1cccc2c1OCCC2. The standard InChI is InChI=1S/C17H22N2OS/c1-3-18-16(10-14-11-21-12(2)19-14)15-8-4-6-13-7-5-9-20-17(13)15/h4,6,8,11,16,18H,3,5,7,9-10H2,1-2H3. The lowest BCUT2D eigenvalue weighted by Crippen LogP contribution is -2.25. The fraction of sp³-hybridized carbons (Fsp3) is 0.471. The number of rotatable bonds is 5. The Labute approximate surface area is 130 Å². The zero-order valence-electron chi connectivity index (χ0n) is 12.7. The van der Waals surface area contributed by atoms with Crippen LogP contribution in [-0.2, 0) is 12.8 Å². The van der Waals surface area contributed by atoms with Crippen molar-refractivity contribution < 1.29 is 4.74 Å². The Morgan fingerprint density at radius 2 is 2.33 bits per heavy atom. The van der Waals surface area contributed by atoms with Gasteiger partial charge in [0.2, 0.25) is 0 Å². The first-order valence-electron chi connectivity index (χ1n) is 7.67. The largest absolute Gasteiger partial charge is 0.493 e. The molecule has 1 aliphatic heterocycles. The van der Waals surface area contributed by atoms with E-state index in [0.29, 0.717) is 0 Å². The predicted molar refractivity (Wildman–Crippen MR) is 87.2 cm³/mol. The number of nitrogens with one attached hydrogen (secondary N) is 1. The number of nitrogens with zero attached hydrogens (tertiary/aromatic N) is 1. The van der Waals surface area contributed by atoms with Gasteiger partial charge in [-0.2, -0.15) is 0 Å². The minimum atomic E-state index is 0.268. The Balaban J connectivity index is 1.90. The van der Waals surface area contributed by atoms with Crippen LogP contribution in [0.3, 0.4) is 0 Å². The Kier molecular flexibility index (Phi) is 4.56. The fourth-order valence-corrected chi connectivity index (χ4v) is 3.56. The topological polar surface area (TPSA) is 34.2 Å². The molecular formula is C17H22N2OS. The molecule has 4 heteroatoms. The molecule has 1 aromatic heterocycles. The van der Waals surface area contributed by atoms with Crippen molar-refractivity contribution in [2.45, 2.75) is 39.2 Å². The van der Waals surface area contributed by atoms with E-state index in [0.717, 1.165) is 48.9 Å². The van der Waals surface area contributed by atoms with Gasteiger partial charge in [0.25, 0.3) is 0 Å². The average molecular weight is 302 g/mol. The van der Waals surface area contributed by atoms with Crippen molar-refractivity contribution in [2.75, 3.05) is 13.2 Å². The zero-order valence-corrected chi connectivity index (χ0v) is 13.5. The Morgan fingerprint density at radius 1 is 1.43 bits per heavy atom. The molecule has 3 rings (SSSR count). The van der Waals surface area contributed by atoms with Gasteiger partial charge < -0.3 is 10.1 Å². The van der Waals surface area contributed by atoms with Gasteiger partial charge in [0, 0.05) is 23.4 Å². The second-order valence-electron chi connectivity index (χ2n) is 5.46. The first-order chi connectivity index (χ1) is 10.3. The highest BCUT2D eigenvalue weighted by Gasteiger charge is 2.21. The second kappa shape index (κ2) is 6.58. The van der Waals surface area contributed by atoms with Gasteiger partial charge in [-0.05, 0) is 31.9 Å². The normalized spacial score (nSPS) is 15.3. The summed E-state index contributed by atoms with van der Waals surface area (Å²) in [5.74, 6) is 1.10. The molecule has 0 bridgehead atoms. The van der Waals surface area contributed by atoms with E-state index in [4.69, 9.17) is 4.74 Å². The summed E-state index contributed by atoms with van der Waals surface area (Å²) in [4.78, 5) is 4.61. The number of fused-ring (bicyclic) bond motifs is 1. The third kappa shape index (κ3) is 3.27. The molecule has 1 aromatic carbocycles. The summed E-state index contributed by atoms with van der Waals surface area (Å²) in [7, 11) is 0. The maximum atomic E-state index is 5.97. The van der Waals surface area contributed by atoms with Crippen LogP contribution in [0.1, 0.15) is 41.2 Å². The lowest BCUT2D eigenvalue weighted by Gasteiger charge is -2.25. The van der Waals surface area contributed by atoms with Crippen molar-refractivity contribution >= 4 is 11.3 Å². The quantitative estimate of drug-likeness (QED) is 0.915. The highest BCUT2D eigenvalue weighted by molar-refractivity contribution is 7.09. The molecule has 21 heavy (non-hydrogen) atoms. The molecular weight excluding hydrogens is 280 g/mol. The maximum absolute atomic E-state index is 5.97. The molecule has 0 aliphatic carbocycles. The third-order valence-corrected chi connectivity index (χ3v) is 4.69. The second-order valence-corrected chi connectivity index (χ2v) is 6.52. The molecule has 0 saturated heterocycles. The average Bonchev–Trinajstić information content (AvgIpc) is 2.91. The zero-order chi connectivity index (χ0) is 14.7. The van der Waals surface area contributed by atoms with E-state index >= 15 is 0 Å². The van der Waals surface area contributed by atoms with E-state index in [1.807, 2.05) is 0 Å². The molecule has 1 N–H and O–H groups in total. The fourth-order valence-electron chi connectivity index (χ4n) is 2.94. The highest BCUT2D eigenvalue weighted by Crippen LogP contribution is 2.34. The summed E-state index contributed by atoms with van der Waals surface area (Å²) in [5, 5.41) is 6.89. The molecule has 2 heterocycles. The highest BCUT2D eigenvalue weighted by atomic mass is 32.1. The lowest BCUT2D eigenvalue weighted by atomic mass is 9.95. The Bertz CT molecular complexity index is 609. The number of aromatic nitrogens is 1. The number of benzene rings is 1. The number of aryl methyl sites for hydroxylation is 2.